The van der Waals surface area contributed by atoms with Crippen molar-refractivity contribution in [3.8, 4) is 5.75 Å². The van der Waals surface area contributed by atoms with Crippen LogP contribution in [0.3, 0.4) is 0 Å². The van der Waals surface area contributed by atoms with Gasteiger partial charge in [-0.25, -0.2) is 4.98 Å². The lowest BCUT2D eigenvalue weighted by Crippen LogP contribution is -2.11. The molecule has 0 aliphatic heterocycles. The van der Waals surface area contributed by atoms with Crippen LogP contribution in [0.15, 0.2) is 77.3 Å². The minimum atomic E-state index is 0.135. The molecule has 0 fully saturated rings. The van der Waals surface area contributed by atoms with E-state index in [0.29, 0.717) is 6.61 Å². The van der Waals surface area contributed by atoms with Gasteiger partial charge in [-0.2, -0.15) is 0 Å². The quantitative estimate of drug-likeness (QED) is 0.338. The Hall–Kier alpha value is -2.59. The van der Waals surface area contributed by atoms with E-state index in [-0.39, 0.29) is 5.41 Å². The Morgan fingerprint density at radius 1 is 0.931 bits per heavy atom. The number of para-hydroxylation sites is 2. The molecule has 0 saturated heterocycles. The third-order valence-corrected chi connectivity index (χ3v) is 5.54. The number of aromatic nitrogens is 2. The van der Waals surface area contributed by atoms with Gasteiger partial charge in [0.1, 0.15) is 18.2 Å². The fraction of sp³-hybridized carbons (Fsp3) is 0.240. The van der Waals surface area contributed by atoms with Crippen LogP contribution in [0, 0.1) is 0 Å². The number of nitrogens with zero attached hydrogens (tertiary/aromatic N) is 2. The highest BCUT2D eigenvalue weighted by atomic mass is 79.9. The molecule has 0 aliphatic rings. The van der Waals surface area contributed by atoms with Crippen LogP contribution >= 0.6 is 15.9 Å². The molecular formula is C25H25BrN2O. The zero-order chi connectivity index (χ0) is 20.4. The third kappa shape index (κ3) is 4.54. The van der Waals surface area contributed by atoms with Gasteiger partial charge in [-0.3, -0.25) is 0 Å². The Morgan fingerprint density at radius 2 is 1.69 bits per heavy atom. The summed E-state index contributed by atoms with van der Waals surface area (Å²) in [7, 11) is 0. The molecule has 4 heteroatoms. The van der Waals surface area contributed by atoms with Crippen molar-refractivity contribution in [2.45, 2.75) is 39.3 Å². The van der Waals surface area contributed by atoms with E-state index in [0.717, 1.165) is 33.6 Å². The topological polar surface area (TPSA) is 27.1 Å². The van der Waals surface area contributed by atoms with Crippen LogP contribution in [0.2, 0.25) is 0 Å². The summed E-state index contributed by atoms with van der Waals surface area (Å²) < 4.78 is 9.42. The normalized spacial score (nSPS) is 11.7. The van der Waals surface area contributed by atoms with Crippen molar-refractivity contribution in [1.29, 1.82) is 0 Å². The van der Waals surface area contributed by atoms with Gasteiger partial charge < -0.3 is 9.30 Å². The van der Waals surface area contributed by atoms with Gasteiger partial charge in [0.15, 0.2) is 0 Å². The van der Waals surface area contributed by atoms with E-state index in [9.17, 15) is 0 Å². The number of imidazole rings is 1. The fourth-order valence-electron chi connectivity index (χ4n) is 3.43. The highest BCUT2D eigenvalue weighted by Gasteiger charge is 2.14. The first kappa shape index (κ1) is 19.7. The van der Waals surface area contributed by atoms with Gasteiger partial charge in [-0.05, 0) is 52.9 Å². The molecule has 0 unspecified atom stereocenters. The van der Waals surface area contributed by atoms with Crippen LogP contribution in [0.25, 0.3) is 11.0 Å². The van der Waals surface area contributed by atoms with Crippen molar-refractivity contribution in [3.63, 3.8) is 0 Å². The van der Waals surface area contributed by atoms with Crippen molar-refractivity contribution < 1.29 is 4.74 Å². The molecule has 4 aromatic rings. The second kappa shape index (κ2) is 8.03. The summed E-state index contributed by atoms with van der Waals surface area (Å²) in [5.41, 5.74) is 4.76. The molecule has 0 aliphatic carbocycles. The van der Waals surface area contributed by atoms with Crippen LogP contribution in [-0.2, 0) is 18.6 Å². The third-order valence-electron chi connectivity index (χ3n) is 5.05. The highest BCUT2D eigenvalue weighted by molar-refractivity contribution is 9.10. The first-order valence-electron chi connectivity index (χ1n) is 9.82. The first-order valence-corrected chi connectivity index (χ1v) is 10.6. The molecule has 1 aromatic heterocycles. The molecule has 29 heavy (non-hydrogen) atoms. The summed E-state index contributed by atoms with van der Waals surface area (Å²) in [4.78, 5) is 4.83. The summed E-state index contributed by atoms with van der Waals surface area (Å²) in [6.07, 6.45) is 0. The Labute approximate surface area is 180 Å². The monoisotopic (exact) mass is 448 g/mol. The van der Waals surface area contributed by atoms with Gasteiger partial charge in [0.05, 0.1) is 11.0 Å². The number of halogens is 1. The Balaban J connectivity index is 1.60. The summed E-state index contributed by atoms with van der Waals surface area (Å²) in [5.74, 6) is 1.78. The van der Waals surface area contributed by atoms with Crippen molar-refractivity contribution >= 4 is 27.0 Å². The molecule has 0 atom stereocenters. The number of ether oxygens (including phenoxy) is 1. The largest absolute Gasteiger partial charge is 0.486 e. The second-order valence-electron chi connectivity index (χ2n) is 8.30. The summed E-state index contributed by atoms with van der Waals surface area (Å²) in [5, 5.41) is 0. The van der Waals surface area contributed by atoms with E-state index >= 15 is 0 Å². The molecule has 0 saturated carbocycles. The summed E-state index contributed by atoms with van der Waals surface area (Å²) in [6.45, 7) is 7.83. The van der Waals surface area contributed by atoms with Crippen molar-refractivity contribution in [3.05, 3.63) is 94.2 Å². The molecule has 1 heterocycles. The minimum absolute atomic E-state index is 0.135. The predicted molar refractivity (Wildman–Crippen MR) is 122 cm³/mol. The van der Waals surface area contributed by atoms with Gasteiger partial charge in [0, 0.05) is 11.0 Å². The Morgan fingerprint density at radius 3 is 2.41 bits per heavy atom. The Kier molecular flexibility index (Phi) is 5.46. The molecule has 0 bridgehead atoms. The van der Waals surface area contributed by atoms with E-state index in [4.69, 9.17) is 9.72 Å². The molecule has 0 spiro atoms. The maximum Gasteiger partial charge on any atom is 0.148 e. The van der Waals surface area contributed by atoms with Gasteiger partial charge in [-0.1, -0.05) is 73.1 Å². The van der Waals surface area contributed by atoms with E-state index < -0.39 is 0 Å². The van der Waals surface area contributed by atoms with E-state index in [1.165, 1.54) is 11.1 Å². The molecule has 0 amide bonds. The number of hydrogen-bond donors (Lipinski definition) is 0. The lowest BCUT2D eigenvalue weighted by molar-refractivity contribution is 0.291. The van der Waals surface area contributed by atoms with Gasteiger partial charge >= 0.3 is 0 Å². The van der Waals surface area contributed by atoms with Gasteiger partial charge in [0.25, 0.3) is 0 Å². The Bertz CT molecular complexity index is 1120. The van der Waals surface area contributed by atoms with Crippen LogP contribution in [0.4, 0.5) is 0 Å². The molecule has 3 nitrogen and oxygen atoms in total. The van der Waals surface area contributed by atoms with Crippen LogP contribution in [-0.4, -0.2) is 9.55 Å². The summed E-state index contributed by atoms with van der Waals surface area (Å²) >= 11 is 3.57. The molecule has 3 aromatic carbocycles. The maximum atomic E-state index is 6.10. The lowest BCUT2D eigenvalue weighted by atomic mass is 9.87. The zero-order valence-electron chi connectivity index (χ0n) is 17.0. The van der Waals surface area contributed by atoms with Gasteiger partial charge in [0.2, 0.25) is 0 Å². The molecular weight excluding hydrogens is 424 g/mol. The second-order valence-corrected chi connectivity index (χ2v) is 9.21. The van der Waals surface area contributed by atoms with E-state index in [1.54, 1.807) is 0 Å². The molecule has 4 rings (SSSR count). The minimum Gasteiger partial charge on any atom is -0.486 e. The van der Waals surface area contributed by atoms with Crippen LogP contribution in [0.5, 0.6) is 5.75 Å². The van der Waals surface area contributed by atoms with Crippen molar-refractivity contribution in [2.24, 2.45) is 0 Å². The molecule has 0 N–H and O–H groups in total. The molecule has 148 valence electrons. The number of fused-ring (bicyclic) bond motifs is 1. The first-order chi connectivity index (χ1) is 13.9. The van der Waals surface area contributed by atoms with Gasteiger partial charge in [-0.15, -0.1) is 0 Å². The van der Waals surface area contributed by atoms with Crippen LogP contribution < -0.4 is 4.74 Å². The van der Waals surface area contributed by atoms with Crippen LogP contribution in [0.1, 0.15) is 37.7 Å². The summed E-state index contributed by atoms with van der Waals surface area (Å²) in [6, 6.07) is 25.0. The number of hydrogen-bond acceptors (Lipinski definition) is 2. The smallest absolute Gasteiger partial charge is 0.148 e. The van der Waals surface area contributed by atoms with Crippen molar-refractivity contribution in [1.82, 2.24) is 9.55 Å². The average molecular weight is 449 g/mol. The average Bonchev–Trinajstić information content (AvgIpc) is 3.04. The van der Waals surface area contributed by atoms with E-state index in [2.05, 4.69) is 83.7 Å². The predicted octanol–water partition coefficient (Wildman–Crippen LogP) is 6.72. The zero-order valence-corrected chi connectivity index (χ0v) is 18.6. The van der Waals surface area contributed by atoms with Crippen molar-refractivity contribution in [2.75, 3.05) is 0 Å². The molecule has 0 radical (unpaired) electrons. The maximum absolute atomic E-state index is 6.10. The highest BCUT2D eigenvalue weighted by Crippen LogP contribution is 2.25. The number of benzene rings is 3. The fourth-order valence-corrected chi connectivity index (χ4v) is 3.88. The SMILES string of the molecule is CC(C)(C)c1ccc(OCc2nc3ccccc3n2Cc2cccc(Br)c2)cc1. The standard InChI is InChI=1S/C25H25BrN2O/c1-25(2,3)19-11-13-21(14-12-19)29-17-24-27-22-9-4-5-10-23(22)28(24)16-18-7-6-8-20(26)15-18/h4-15H,16-17H2,1-3H3. The van der Waals surface area contributed by atoms with E-state index in [1.807, 2.05) is 30.3 Å². The lowest BCUT2D eigenvalue weighted by Gasteiger charge is -2.19. The number of rotatable bonds is 5.